The van der Waals surface area contributed by atoms with Gasteiger partial charge in [-0.25, -0.2) is 4.98 Å². The van der Waals surface area contributed by atoms with Gasteiger partial charge >= 0.3 is 0 Å². The van der Waals surface area contributed by atoms with Crippen LogP contribution in [-0.4, -0.2) is 49.3 Å². The van der Waals surface area contributed by atoms with E-state index in [2.05, 4.69) is 22.3 Å². The Morgan fingerprint density at radius 3 is 2.45 bits per heavy atom. The Labute approximate surface area is 201 Å². The van der Waals surface area contributed by atoms with Crippen LogP contribution in [0.4, 0.5) is 11.8 Å². The molecule has 7 rings (SSSR count). The minimum atomic E-state index is -1.06. The van der Waals surface area contributed by atoms with Crippen LogP contribution in [0.3, 0.4) is 0 Å². The molecule has 6 nitrogen and oxygen atoms in total. The van der Waals surface area contributed by atoms with Gasteiger partial charge in [0.1, 0.15) is 10.7 Å². The Morgan fingerprint density at radius 2 is 1.85 bits per heavy atom. The first-order chi connectivity index (χ1) is 15.9. The lowest BCUT2D eigenvalue weighted by molar-refractivity contribution is 0.0620. The molecule has 1 atom stereocenters. The van der Waals surface area contributed by atoms with Crippen LogP contribution in [0.1, 0.15) is 62.1 Å². The van der Waals surface area contributed by atoms with Crippen molar-refractivity contribution in [2.45, 2.75) is 72.5 Å². The number of aliphatic hydroxyl groups excluding tert-OH is 1. The summed E-state index contributed by atoms with van der Waals surface area (Å²) >= 11 is 6.05. The molecule has 3 saturated carbocycles. The molecule has 1 unspecified atom stereocenters. The predicted octanol–water partition coefficient (Wildman–Crippen LogP) is 4.04. The van der Waals surface area contributed by atoms with Gasteiger partial charge in [-0.05, 0) is 68.6 Å². The number of halogens is 1. The van der Waals surface area contributed by atoms with Gasteiger partial charge in [0, 0.05) is 29.9 Å². The number of aromatic nitrogens is 2. The average Bonchev–Trinajstić information content (AvgIpc) is 3.44. The normalized spacial score (nSPS) is 27.6. The predicted molar refractivity (Wildman–Crippen MR) is 129 cm³/mol. The van der Waals surface area contributed by atoms with Crippen molar-refractivity contribution in [2.75, 3.05) is 29.9 Å². The lowest BCUT2D eigenvalue weighted by Gasteiger charge is -2.59. The van der Waals surface area contributed by atoms with Gasteiger partial charge in [-0.15, -0.1) is 0 Å². The van der Waals surface area contributed by atoms with Crippen molar-refractivity contribution in [3.05, 3.63) is 40.5 Å². The second-order valence-electron chi connectivity index (χ2n) is 11.2. The summed E-state index contributed by atoms with van der Waals surface area (Å²) in [5.74, 6) is 2.08. The molecule has 8 heteroatoms. The highest BCUT2D eigenvalue weighted by Crippen LogP contribution is 2.58. The van der Waals surface area contributed by atoms with Gasteiger partial charge < -0.3 is 15.3 Å². The van der Waals surface area contributed by atoms with Crippen molar-refractivity contribution < 1.29 is 9.32 Å². The lowest BCUT2D eigenvalue weighted by Crippen LogP contribution is -2.62. The first-order valence-electron chi connectivity index (χ1n) is 12.1. The molecule has 2 aromatic rings. The third-order valence-electron chi connectivity index (χ3n) is 8.83. The van der Waals surface area contributed by atoms with Crippen LogP contribution in [0.25, 0.3) is 0 Å². The van der Waals surface area contributed by atoms with Crippen LogP contribution in [-0.2, 0) is 17.2 Å². The summed E-state index contributed by atoms with van der Waals surface area (Å²) in [7, 11) is -1.06. The van der Waals surface area contributed by atoms with Crippen LogP contribution < -0.4 is 10.2 Å². The number of rotatable bonds is 5. The number of hydrogen-bond acceptors (Lipinski definition) is 6. The van der Waals surface area contributed by atoms with Gasteiger partial charge in [0.15, 0.2) is 0 Å². The van der Waals surface area contributed by atoms with Crippen LogP contribution in [0, 0.1) is 5.41 Å². The zero-order chi connectivity index (χ0) is 22.4. The fourth-order valence-corrected chi connectivity index (χ4v) is 8.31. The molecule has 3 aliphatic carbocycles. The monoisotopic (exact) mass is 484 g/mol. The summed E-state index contributed by atoms with van der Waals surface area (Å²) in [5, 5.41) is 14.3. The molecule has 0 bridgehead atoms. The van der Waals surface area contributed by atoms with E-state index in [4.69, 9.17) is 21.6 Å². The minimum absolute atomic E-state index is 0.0811. The third-order valence-corrected chi connectivity index (χ3v) is 11.2. The summed E-state index contributed by atoms with van der Waals surface area (Å²) < 4.78 is 13.2. The maximum absolute atomic E-state index is 13.3. The van der Waals surface area contributed by atoms with E-state index in [1.807, 2.05) is 12.1 Å². The maximum Gasteiger partial charge on any atom is 0.227 e. The van der Waals surface area contributed by atoms with Gasteiger partial charge in [-0.2, -0.15) is 4.98 Å². The topological polar surface area (TPSA) is 78.4 Å². The van der Waals surface area contributed by atoms with Gasteiger partial charge in [0.05, 0.1) is 33.4 Å². The van der Waals surface area contributed by atoms with E-state index in [1.165, 1.54) is 18.4 Å². The highest BCUT2D eigenvalue weighted by Gasteiger charge is 2.57. The molecule has 1 aromatic heterocycles. The van der Waals surface area contributed by atoms with E-state index in [-0.39, 0.29) is 16.9 Å². The quantitative estimate of drug-likeness (QED) is 0.667. The molecule has 174 valence electrons. The third kappa shape index (κ3) is 3.11. The Bertz CT molecular complexity index is 1140. The second kappa shape index (κ2) is 6.92. The Kier molecular flexibility index (Phi) is 4.33. The molecule has 2 aliphatic heterocycles. The molecular formula is C25H29ClN4O2S. The Morgan fingerprint density at radius 1 is 1.12 bits per heavy atom. The molecule has 3 heterocycles. The van der Waals surface area contributed by atoms with Crippen LogP contribution in [0.2, 0.25) is 5.02 Å². The largest absolute Gasteiger partial charge is 0.394 e. The van der Waals surface area contributed by atoms with Crippen molar-refractivity contribution in [1.82, 2.24) is 9.97 Å². The number of nitrogens with zero attached hydrogens (tertiary/aromatic N) is 3. The van der Waals surface area contributed by atoms with Crippen molar-refractivity contribution in [3.8, 4) is 0 Å². The summed E-state index contributed by atoms with van der Waals surface area (Å²) in [4.78, 5) is 12.9. The molecule has 1 saturated heterocycles. The van der Waals surface area contributed by atoms with Gasteiger partial charge in [-0.3, -0.25) is 4.21 Å². The van der Waals surface area contributed by atoms with Crippen LogP contribution >= 0.6 is 11.6 Å². The van der Waals surface area contributed by atoms with E-state index in [0.717, 1.165) is 73.2 Å². The fraction of sp³-hybridized carbons (Fsp3) is 0.600. The van der Waals surface area contributed by atoms with Gasteiger partial charge in [0.25, 0.3) is 0 Å². The highest BCUT2D eigenvalue weighted by molar-refractivity contribution is 7.87. The molecule has 33 heavy (non-hydrogen) atoms. The van der Waals surface area contributed by atoms with E-state index < -0.39 is 10.8 Å². The summed E-state index contributed by atoms with van der Waals surface area (Å²) in [6.45, 7) is 2.04. The number of fused-ring (bicyclic) bond motifs is 1. The zero-order valence-electron chi connectivity index (χ0n) is 18.6. The molecule has 0 radical (unpaired) electrons. The molecule has 1 aromatic carbocycles. The van der Waals surface area contributed by atoms with Crippen LogP contribution in [0.15, 0.2) is 29.2 Å². The fourth-order valence-electron chi connectivity index (χ4n) is 6.41. The molecule has 5 aliphatic rings. The first kappa shape index (κ1) is 20.7. The summed E-state index contributed by atoms with van der Waals surface area (Å²) in [6, 6.07) is 8.28. The number of benzene rings is 1. The average molecular weight is 485 g/mol. The molecule has 2 N–H and O–H groups in total. The zero-order valence-corrected chi connectivity index (χ0v) is 20.2. The number of nitrogens with one attached hydrogen (secondary N) is 1. The molecular weight excluding hydrogens is 456 g/mol. The van der Waals surface area contributed by atoms with Crippen LogP contribution in [0.5, 0.6) is 0 Å². The number of aliphatic hydroxyl groups is 1. The molecule has 2 spiro atoms. The first-order valence-corrected chi connectivity index (χ1v) is 13.7. The lowest BCUT2D eigenvalue weighted by atomic mass is 9.56. The minimum Gasteiger partial charge on any atom is -0.394 e. The van der Waals surface area contributed by atoms with E-state index in [0.29, 0.717) is 17.2 Å². The van der Waals surface area contributed by atoms with E-state index >= 15 is 0 Å². The van der Waals surface area contributed by atoms with E-state index in [9.17, 15) is 9.32 Å². The number of anilines is 2. The molecule has 4 fully saturated rings. The summed E-state index contributed by atoms with van der Waals surface area (Å²) in [5.41, 5.74) is 2.38. The van der Waals surface area contributed by atoms with Crippen molar-refractivity contribution in [2.24, 2.45) is 5.41 Å². The molecule has 0 amide bonds. The Balaban J connectivity index is 1.12. The van der Waals surface area contributed by atoms with Gasteiger partial charge in [-0.1, -0.05) is 23.7 Å². The highest BCUT2D eigenvalue weighted by atomic mass is 35.5. The van der Waals surface area contributed by atoms with Gasteiger partial charge in [0.2, 0.25) is 5.95 Å². The summed E-state index contributed by atoms with van der Waals surface area (Å²) in [6.07, 6.45) is 8.16. The Hall–Kier alpha value is -1.70. The standard InChI is InChI=1S/C25H29ClN4O2S/c26-18-4-2-16(3-5-18)17-10-23(11-17)13-30(14-23)22-27-19-12-25(8-9-25)33(32)20(19)21(28-22)29-24(15-31)6-1-7-24/h2-5,17,31H,1,6-15H2,(H,27,28,29). The number of hydrogen-bond donors (Lipinski definition) is 2. The van der Waals surface area contributed by atoms with Crippen molar-refractivity contribution in [3.63, 3.8) is 0 Å². The van der Waals surface area contributed by atoms with Crippen molar-refractivity contribution >= 4 is 34.2 Å². The second-order valence-corrected chi connectivity index (χ2v) is 13.5. The maximum atomic E-state index is 13.3. The smallest absolute Gasteiger partial charge is 0.227 e. The van der Waals surface area contributed by atoms with Crippen molar-refractivity contribution in [1.29, 1.82) is 0 Å². The van der Waals surface area contributed by atoms with E-state index in [1.54, 1.807) is 0 Å². The SMILES string of the molecule is O=S1c2c(nc(N3CC4(CC(c5ccc(Cl)cc5)C4)C3)nc2NC2(CO)CCC2)CC12CC2.